The predicted molar refractivity (Wildman–Crippen MR) is 104 cm³/mol. The molecule has 0 unspecified atom stereocenters. The number of hydrogen-bond donors (Lipinski definition) is 1. The fraction of sp³-hybridized carbons (Fsp3) is 0.190. The maximum absolute atomic E-state index is 13.0. The van der Waals surface area contributed by atoms with Gasteiger partial charge in [0.05, 0.1) is 17.0 Å². The summed E-state index contributed by atoms with van der Waals surface area (Å²) >= 11 is 0. The maximum Gasteiger partial charge on any atom is 0.341 e. The summed E-state index contributed by atoms with van der Waals surface area (Å²) in [5, 5.41) is 14.8. The van der Waals surface area contributed by atoms with Gasteiger partial charge in [-0.15, -0.1) is 0 Å². The van der Waals surface area contributed by atoms with Crippen LogP contribution in [-0.2, 0) is 9.59 Å². The molecule has 27 heavy (non-hydrogen) atoms. The van der Waals surface area contributed by atoms with Crippen molar-refractivity contribution in [3.8, 4) is 5.75 Å². The Morgan fingerprint density at radius 1 is 1.15 bits per heavy atom. The number of hydrogen-bond acceptors (Lipinski definition) is 4. The predicted octanol–water partition coefficient (Wildman–Crippen LogP) is 3.74. The van der Waals surface area contributed by atoms with Crippen LogP contribution < -0.4 is 9.75 Å². The average molecular weight is 364 g/mol. The fourth-order valence-electron chi connectivity index (χ4n) is 2.79. The molecular weight excluding hydrogens is 344 g/mol. The molecule has 0 aromatic heterocycles. The standard InChI is InChI=1S/C21H20N2O4/c1-2-8-18-17(21(26)23(22-18)16-10-4-3-5-11-16)13-15-9-6-7-12-19(15)27-14-20(24)25/h3-7,9-13H,2,8,14H2,1H3,(H,24,25)/b17-13+. The maximum atomic E-state index is 13.0. The van der Waals surface area contributed by atoms with Crippen LogP contribution in [-0.4, -0.2) is 29.3 Å². The number of nitrogens with zero attached hydrogens (tertiary/aromatic N) is 2. The molecule has 6 nitrogen and oxygen atoms in total. The minimum absolute atomic E-state index is 0.210. The number of carbonyl (C=O) groups is 2. The van der Waals surface area contributed by atoms with E-state index in [4.69, 9.17) is 9.84 Å². The molecule has 0 atom stereocenters. The molecule has 1 N–H and O–H groups in total. The van der Waals surface area contributed by atoms with Gasteiger partial charge in [-0.2, -0.15) is 10.1 Å². The number of rotatable bonds is 7. The summed E-state index contributed by atoms with van der Waals surface area (Å²) in [4.78, 5) is 23.8. The van der Waals surface area contributed by atoms with Gasteiger partial charge in [-0.1, -0.05) is 49.7 Å². The largest absolute Gasteiger partial charge is 0.481 e. The molecule has 3 rings (SSSR count). The van der Waals surface area contributed by atoms with Crippen molar-refractivity contribution < 1.29 is 19.4 Å². The lowest BCUT2D eigenvalue weighted by Crippen LogP contribution is -2.21. The molecule has 0 fully saturated rings. The van der Waals surface area contributed by atoms with Crippen LogP contribution in [0.4, 0.5) is 5.69 Å². The van der Waals surface area contributed by atoms with Crippen molar-refractivity contribution in [2.24, 2.45) is 5.10 Å². The summed E-state index contributed by atoms with van der Waals surface area (Å²) in [6, 6.07) is 16.3. The van der Waals surface area contributed by atoms with Crippen molar-refractivity contribution in [1.82, 2.24) is 0 Å². The second kappa shape index (κ2) is 8.31. The van der Waals surface area contributed by atoms with Crippen molar-refractivity contribution in [3.05, 3.63) is 65.7 Å². The van der Waals surface area contributed by atoms with E-state index in [1.807, 2.05) is 43.3 Å². The summed E-state index contributed by atoms with van der Waals surface area (Å²) in [5.41, 5.74) is 2.54. The summed E-state index contributed by atoms with van der Waals surface area (Å²) in [5.74, 6) is -0.857. The number of carboxylic acid groups (broad SMARTS) is 1. The van der Waals surface area contributed by atoms with E-state index in [1.54, 1.807) is 24.3 Å². The van der Waals surface area contributed by atoms with E-state index >= 15 is 0 Å². The number of hydrazone groups is 1. The van der Waals surface area contributed by atoms with Gasteiger partial charge in [0.2, 0.25) is 0 Å². The quantitative estimate of drug-likeness (QED) is 0.759. The molecule has 2 aromatic rings. The monoisotopic (exact) mass is 364 g/mol. The van der Waals surface area contributed by atoms with Crippen LogP contribution in [0.2, 0.25) is 0 Å². The molecular formula is C21H20N2O4. The average Bonchev–Trinajstić information content (AvgIpc) is 2.98. The second-order valence-corrected chi connectivity index (χ2v) is 6.03. The lowest BCUT2D eigenvalue weighted by molar-refractivity contribution is -0.139. The van der Waals surface area contributed by atoms with E-state index < -0.39 is 12.6 Å². The highest BCUT2D eigenvalue weighted by Crippen LogP contribution is 2.28. The molecule has 0 saturated carbocycles. The van der Waals surface area contributed by atoms with Crippen LogP contribution in [0.15, 0.2) is 65.3 Å². The molecule has 1 aliphatic heterocycles. The molecule has 138 valence electrons. The van der Waals surface area contributed by atoms with E-state index in [9.17, 15) is 9.59 Å². The van der Waals surface area contributed by atoms with E-state index in [2.05, 4.69) is 5.10 Å². The second-order valence-electron chi connectivity index (χ2n) is 6.03. The van der Waals surface area contributed by atoms with Gasteiger partial charge in [0.15, 0.2) is 6.61 Å². The molecule has 1 aliphatic rings. The van der Waals surface area contributed by atoms with Crippen LogP contribution in [0.1, 0.15) is 25.3 Å². The Bertz CT molecular complexity index is 903. The minimum atomic E-state index is -1.06. The van der Waals surface area contributed by atoms with Gasteiger partial charge in [-0.25, -0.2) is 4.79 Å². The van der Waals surface area contributed by atoms with Gasteiger partial charge >= 0.3 is 5.97 Å². The first-order chi connectivity index (χ1) is 13.1. The lowest BCUT2D eigenvalue weighted by Gasteiger charge is -2.11. The number of anilines is 1. The smallest absolute Gasteiger partial charge is 0.341 e. The Kier molecular flexibility index (Phi) is 5.66. The molecule has 1 amide bonds. The molecule has 0 bridgehead atoms. The zero-order valence-electron chi connectivity index (χ0n) is 15.0. The van der Waals surface area contributed by atoms with Gasteiger partial charge in [0, 0.05) is 5.56 Å². The number of aliphatic carboxylic acids is 1. The van der Waals surface area contributed by atoms with E-state index in [0.717, 1.165) is 6.42 Å². The Hall–Kier alpha value is -3.41. The third kappa shape index (κ3) is 4.23. The highest BCUT2D eigenvalue weighted by molar-refractivity contribution is 6.32. The summed E-state index contributed by atoms with van der Waals surface area (Å²) in [6.45, 7) is 1.58. The van der Waals surface area contributed by atoms with Crippen LogP contribution >= 0.6 is 0 Å². The topological polar surface area (TPSA) is 79.2 Å². The first kappa shape index (κ1) is 18.4. The molecule has 1 heterocycles. The Morgan fingerprint density at radius 3 is 2.56 bits per heavy atom. The van der Waals surface area contributed by atoms with Crippen molar-refractivity contribution in [2.75, 3.05) is 11.6 Å². The third-order valence-corrected chi connectivity index (χ3v) is 4.01. The van der Waals surface area contributed by atoms with Gasteiger partial charge in [0.25, 0.3) is 5.91 Å². The SMILES string of the molecule is CCCC1=NN(c2ccccc2)C(=O)/C1=C/c1ccccc1OCC(=O)O. The van der Waals surface area contributed by atoms with Crippen LogP contribution in [0, 0.1) is 0 Å². The molecule has 2 aromatic carbocycles. The van der Waals surface area contributed by atoms with Crippen LogP contribution in [0.5, 0.6) is 5.75 Å². The zero-order valence-corrected chi connectivity index (χ0v) is 15.0. The van der Waals surface area contributed by atoms with E-state index in [0.29, 0.717) is 34.7 Å². The highest BCUT2D eigenvalue weighted by atomic mass is 16.5. The first-order valence-corrected chi connectivity index (χ1v) is 8.73. The lowest BCUT2D eigenvalue weighted by atomic mass is 10.0. The van der Waals surface area contributed by atoms with Gasteiger partial charge in [-0.3, -0.25) is 4.79 Å². The summed E-state index contributed by atoms with van der Waals surface area (Å²) in [6.07, 6.45) is 3.24. The third-order valence-electron chi connectivity index (χ3n) is 4.01. The fourth-order valence-corrected chi connectivity index (χ4v) is 2.79. The van der Waals surface area contributed by atoms with E-state index in [-0.39, 0.29) is 5.91 Å². The molecule has 0 aliphatic carbocycles. The number of carbonyl (C=O) groups excluding carboxylic acids is 1. The normalized spacial score (nSPS) is 15.1. The van der Waals surface area contributed by atoms with Crippen molar-refractivity contribution in [1.29, 1.82) is 0 Å². The number of carboxylic acids is 1. The highest BCUT2D eigenvalue weighted by Gasteiger charge is 2.30. The Labute approximate surface area is 157 Å². The van der Waals surface area contributed by atoms with Crippen molar-refractivity contribution >= 4 is 29.4 Å². The number of ether oxygens (including phenoxy) is 1. The van der Waals surface area contributed by atoms with Crippen molar-refractivity contribution in [2.45, 2.75) is 19.8 Å². The minimum Gasteiger partial charge on any atom is -0.481 e. The van der Waals surface area contributed by atoms with Gasteiger partial charge < -0.3 is 9.84 Å². The van der Waals surface area contributed by atoms with Crippen molar-refractivity contribution in [3.63, 3.8) is 0 Å². The molecule has 0 radical (unpaired) electrons. The zero-order chi connectivity index (χ0) is 19.2. The van der Waals surface area contributed by atoms with E-state index in [1.165, 1.54) is 5.01 Å². The van der Waals surface area contributed by atoms with Gasteiger partial charge in [-0.05, 0) is 30.7 Å². The summed E-state index contributed by atoms with van der Waals surface area (Å²) in [7, 11) is 0. The Morgan fingerprint density at radius 2 is 1.85 bits per heavy atom. The van der Waals surface area contributed by atoms with Gasteiger partial charge in [0.1, 0.15) is 5.75 Å². The number of amides is 1. The van der Waals surface area contributed by atoms with Crippen LogP contribution in [0.25, 0.3) is 6.08 Å². The molecule has 0 saturated heterocycles. The summed E-state index contributed by atoms with van der Waals surface area (Å²) < 4.78 is 5.34. The number of para-hydroxylation sites is 2. The Balaban J connectivity index is 1.96. The first-order valence-electron chi connectivity index (χ1n) is 8.73. The van der Waals surface area contributed by atoms with Crippen LogP contribution in [0.3, 0.4) is 0 Å². The number of benzene rings is 2. The molecule has 0 spiro atoms. The molecule has 6 heteroatoms.